The van der Waals surface area contributed by atoms with Gasteiger partial charge in [0.1, 0.15) is 5.75 Å². The van der Waals surface area contributed by atoms with E-state index in [2.05, 4.69) is 25.8 Å². The van der Waals surface area contributed by atoms with Gasteiger partial charge in [0.15, 0.2) is 10.0 Å². The molecule has 0 atom stereocenters. The Kier molecular flexibility index (Phi) is 4.01. The highest BCUT2D eigenvalue weighted by Gasteiger charge is 2.18. The van der Waals surface area contributed by atoms with E-state index in [9.17, 15) is 4.79 Å². The number of carboxylic acid groups (broad SMARTS) is 1. The molecule has 0 amide bonds. The van der Waals surface area contributed by atoms with Crippen molar-refractivity contribution in [3.8, 4) is 10.9 Å². The summed E-state index contributed by atoms with van der Waals surface area (Å²) in [5.74, 6) is -0.495. The summed E-state index contributed by atoms with van der Waals surface area (Å²) in [5, 5.41) is 9.10. The fourth-order valence-corrected chi connectivity index (χ4v) is 2.58. The van der Waals surface area contributed by atoms with E-state index < -0.39 is 5.97 Å². The van der Waals surface area contributed by atoms with E-state index >= 15 is 0 Å². The molecule has 2 aromatic rings. The minimum Gasteiger partial charge on any atom is -0.477 e. The second kappa shape index (κ2) is 5.42. The number of rotatable bonds is 3. The summed E-state index contributed by atoms with van der Waals surface area (Å²) in [6.45, 7) is 6.32. The Morgan fingerprint density at radius 3 is 2.65 bits per heavy atom. The molecule has 2 rings (SSSR count). The fourth-order valence-electron chi connectivity index (χ4n) is 1.59. The van der Waals surface area contributed by atoms with Crippen LogP contribution in [0.25, 0.3) is 0 Å². The number of halogens is 1. The zero-order valence-corrected chi connectivity index (χ0v) is 12.9. The molecule has 0 unspecified atom stereocenters. The standard InChI is InChI=1S/C14H14ClNO3S/c1-14(2,3)8-5-4-6-9(7-8)19-13-16-11(15)10(20-13)12(17)18/h4-7H,1-3H3,(H,17,18). The first kappa shape index (κ1) is 14.8. The largest absolute Gasteiger partial charge is 0.477 e. The molecular weight excluding hydrogens is 298 g/mol. The van der Waals surface area contributed by atoms with Gasteiger partial charge in [-0.05, 0) is 23.1 Å². The van der Waals surface area contributed by atoms with Crippen LogP contribution in [0.15, 0.2) is 24.3 Å². The first-order chi connectivity index (χ1) is 9.27. The van der Waals surface area contributed by atoms with Crippen molar-refractivity contribution in [2.45, 2.75) is 26.2 Å². The van der Waals surface area contributed by atoms with Gasteiger partial charge in [-0.2, -0.15) is 4.98 Å². The summed E-state index contributed by atoms with van der Waals surface area (Å²) in [5.41, 5.74) is 1.13. The predicted molar refractivity (Wildman–Crippen MR) is 79.3 cm³/mol. The molecule has 1 aromatic carbocycles. The van der Waals surface area contributed by atoms with Gasteiger partial charge < -0.3 is 9.84 Å². The van der Waals surface area contributed by atoms with Gasteiger partial charge in [-0.25, -0.2) is 4.79 Å². The summed E-state index contributed by atoms with van der Waals surface area (Å²) in [6, 6.07) is 7.62. The van der Waals surface area contributed by atoms with Crippen molar-refractivity contribution in [1.82, 2.24) is 4.98 Å². The Labute approximate surface area is 126 Å². The fraction of sp³-hybridized carbons (Fsp3) is 0.286. The van der Waals surface area contributed by atoms with Crippen molar-refractivity contribution >= 4 is 28.9 Å². The van der Waals surface area contributed by atoms with Crippen LogP contribution in [-0.2, 0) is 5.41 Å². The minimum absolute atomic E-state index is 0.00607. The molecular formula is C14H14ClNO3S. The van der Waals surface area contributed by atoms with E-state index in [1.165, 1.54) is 0 Å². The average Bonchev–Trinajstić information content (AvgIpc) is 2.69. The Hall–Kier alpha value is -1.59. The summed E-state index contributed by atoms with van der Waals surface area (Å²) in [6.07, 6.45) is 0. The van der Waals surface area contributed by atoms with Gasteiger partial charge in [0, 0.05) is 0 Å². The highest BCUT2D eigenvalue weighted by molar-refractivity contribution is 7.15. The van der Waals surface area contributed by atoms with Gasteiger partial charge in [0.25, 0.3) is 5.19 Å². The second-order valence-electron chi connectivity index (χ2n) is 5.28. The van der Waals surface area contributed by atoms with E-state index in [1.807, 2.05) is 18.2 Å². The highest BCUT2D eigenvalue weighted by Crippen LogP contribution is 2.33. The maximum absolute atomic E-state index is 10.9. The molecule has 0 bridgehead atoms. The van der Waals surface area contributed by atoms with Crippen molar-refractivity contribution in [1.29, 1.82) is 0 Å². The average molecular weight is 312 g/mol. The van der Waals surface area contributed by atoms with Crippen LogP contribution in [-0.4, -0.2) is 16.1 Å². The number of nitrogens with zero attached hydrogens (tertiary/aromatic N) is 1. The van der Waals surface area contributed by atoms with E-state index in [0.29, 0.717) is 5.75 Å². The lowest BCUT2D eigenvalue weighted by molar-refractivity contribution is 0.0702. The zero-order valence-electron chi connectivity index (χ0n) is 11.3. The Morgan fingerprint density at radius 2 is 2.10 bits per heavy atom. The number of aromatic nitrogens is 1. The Morgan fingerprint density at radius 1 is 1.40 bits per heavy atom. The van der Waals surface area contributed by atoms with Gasteiger partial charge in [-0.1, -0.05) is 55.8 Å². The first-order valence-corrected chi connectivity index (χ1v) is 7.15. The molecule has 0 spiro atoms. The van der Waals surface area contributed by atoms with Crippen molar-refractivity contribution in [3.05, 3.63) is 39.9 Å². The summed E-state index contributed by atoms with van der Waals surface area (Å²) < 4.78 is 5.59. The smallest absolute Gasteiger partial charge is 0.349 e. The van der Waals surface area contributed by atoms with Gasteiger partial charge in [-0.3, -0.25) is 0 Å². The molecule has 20 heavy (non-hydrogen) atoms. The van der Waals surface area contributed by atoms with Crippen LogP contribution in [0.3, 0.4) is 0 Å². The van der Waals surface area contributed by atoms with Crippen LogP contribution < -0.4 is 4.74 Å². The number of carboxylic acids is 1. The summed E-state index contributed by atoms with van der Waals surface area (Å²) >= 11 is 6.66. The monoisotopic (exact) mass is 311 g/mol. The normalized spacial score (nSPS) is 11.4. The quantitative estimate of drug-likeness (QED) is 0.901. The summed E-state index contributed by atoms with van der Waals surface area (Å²) in [7, 11) is 0. The number of aromatic carboxylic acids is 1. The number of hydrogen-bond acceptors (Lipinski definition) is 4. The SMILES string of the molecule is CC(C)(C)c1cccc(Oc2nc(Cl)c(C(=O)O)s2)c1. The summed E-state index contributed by atoms with van der Waals surface area (Å²) in [4.78, 5) is 14.8. The maximum atomic E-state index is 10.9. The topological polar surface area (TPSA) is 59.4 Å². The van der Waals surface area contributed by atoms with Crippen LogP contribution in [0.5, 0.6) is 10.9 Å². The van der Waals surface area contributed by atoms with E-state index in [1.54, 1.807) is 6.07 Å². The lowest BCUT2D eigenvalue weighted by Crippen LogP contribution is -2.10. The van der Waals surface area contributed by atoms with Crippen LogP contribution >= 0.6 is 22.9 Å². The minimum atomic E-state index is -1.11. The van der Waals surface area contributed by atoms with Crippen molar-refractivity contribution < 1.29 is 14.6 Å². The van der Waals surface area contributed by atoms with Gasteiger partial charge in [0.2, 0.25) is 0 Å². The molecule has 0 aliphatic carbocycles. The van der Waals surface area contributed by atoms with Crippen molar-refractivity contribution in [2.24, 2.45) is 0 Å². The van der Waals surface area contributed by atoms with Crippen molar-refractivity contribution in [2.75, 3.05) is 0 Å². The maximum Gasteiger partial charge on any atom is 0.349 e. The van der Waals surface area contributed by atoms with E-state index in [-0.39, 0.29) is 20.6 Å². The number of carbonyl (C=O) groups is 1. The highest BCUT2D eigenvalue weighted by atomic mass is 35.5. The van der Waals surface area contributed by atoms with Gasteiger partial charge in [0.05, 0.1) is 0 Å². The van der Waals surface area contributed by atoms with Gasteiger partial charge in [-0.15, -0.1) is 0 Å². The molecule has 0 saturated carbocycles. The molecule has 1 heterocycles. The third-order valence-electron chi connectivity index (χ3n) is 2.67. The molecule has 0 saturated heterocycles. The van der Waals surface area contributed by atoms with Crippen LogP contribution in [0.2, 0.25) is 5.15 Å². The Bertz CT molecular complexity index is 646. The van der Waals surface area contributed by atoms with Crippen molar-refractivity contribution in [3.63, 3.8) is 0 Å². The Balaban J connectivity index is 2.26. The molecule has 1 N–H and O–H groups in total. The number of thiazole rings is 1. The van der Waals surface area contributed by atoms with Crippen LogP contribution in [0, 0.1) is 0 Å². The molecule has 106 valence electrons. The van der Waals surface area contributed by atoms with Gasteiger partial charge >= 0.3 is 5.97 Å². The number of benzene rings is 1. The second-order valence-corrected chi connectivity index (χ2v) is 6.60. The molecule has 6 heteroatoms. The molecule has 0 aliphatic rings. The third kappa shape index (κ3) is 3.29. The number of hydrogen-bond donors (Lipinski definition) is 1. The predicted octanol–water partition coefficient (Wildman–Crippen LogP) is 4.58. The molecule has 0 fully saturated rings. The van der Waals surface area contributed by atoms with E-state index in [4.69, 9.17) is 21.4 Å². The zero-order chi connectivity index (χ0) is 14.9. The lowest BCUT2D eigenvalue weighted by Gasteiger charge is -2.19. The molecule has 4 nitrogen and oxygen atoms in total. The molecule has 0 aliphatic heterocycles. The molecule has 1 aromatic heterocycles. The third-order valence-corrected chi connectivity index (χ3v) is 3.97. The number of ether oxygens (including phenoxy) is 1. The molecule has 0 radical (unpaired) electrons. The van der Waals surface area contributed by atoms with E-state index in [0.717, 1.165) is 16.9 Å². The van der Waals surface area contributed by atoms with Crippen LogP contribution in [0.4, 0.5) is 0 Å². The lowest BCUT2D eigenvalue weighted by atomic mass is 9.87. The van der Waals surface area contributed by atoms with Crippen LogP contribution in [0.1, 0.15) is 36.0 Å². The first-order valence-electron chi connectivity index (χ1n) is 5.95.